The zero-order chi connectivity index (χ0) is 20.1. The van der Waals surface area contributed by atoms with Gasteiger partial charge in [0.2, 0.25) is 0 Å². The largest absolute Gasteiger partial charge is 0.399 e. The first-order valence-electron chi connectivity index (χ1n) is 9.14. The second-order valence-corrected chi connectivity index (χ2v) is 6.49. The number of nitrogens with two attached hydrogens (primary N) is 1. The first-order chi connectivity index (χ1) is 14.2. The molecule has 142 valence electrons. The first kappa shape index (κ1) is 18.2. The van der Waals surface area contributed by atoms with Gasteiger partial charge in [-0.15, -0.1) is 0 Å². The minimum absolute atomic E-state index is 0.242. The predicted octanol–water partition coefficient (Wildman–Crippen LogP) is 4.14. The molecule has 0 aliphatic heterocycles. The van der Waals surface area contributed by atoms with Crippen molar-refractivity contribution in [2.45, 2.75) is 0 Å². The molecule has 0 spiro atoms. The van der Waals surface area contributed by atoms with Crippen molar-refractivity contribution >= 4 is 28.8 Å². The molecule has 2 aromatic heterocycles. The second-order valence-electron chi connectivity index (χ2n) is 6.49. The topological polar surface area (TPSA) is 94.2 Å². The average molecular weight is 382 g/mol. The van der Waals surface area contributed by atoms with Gasteiger partial charge in [-0.2, -0.15) is 0 Å². The third kappa shape index (κ3) is 4.56. The van der Waals surface area contributed by atoms with Crippen LogP contribution < -0.4 is 21.4 Å². The Labute approximate surface area is 168 Å². The number of carbonyl (C=O) groups is 1. The lowest BCUT2D eigenvalue weighted by Gasteiger charge is -2.08. The van der Waals surface area contributed by atoms with E-state index in [-0.39, 0.29) is 5.91 Å². The van der Waals surface area contributed by atoms with Crippen LogP contribution in [0.5, 0.6) is 0 Å². The Morgan fingerprint density at radius 2 is 1.69 bits per heavy atom. The van der Waals surface area contributed by atoms with Crippen LogP contribution in [-0.4, -0.2) is 10.9 Å². The summed E-state index contributed by atoms with van der Waals surface area (Å²) in [5, 5.41) is 6.20. The van der Waals surface area contributed by atoms with Crippen LogP contribution in [0.2, 0.25) is 0 Å². The number of amides is 1. The van der Waals surface area contributed by atoms with Gasteiger partial charge < -0.3 is 11.1 Å². The van der Waals surface area contributed by atoms with Gasteiger partial charge >= 0.3 is 0 Å². The van der Waals surface area contributed by atoms with Gasteiger partial charge in [0, 0.05) is 29.7 Å². The van der Waals surface area contributed by atoms with Crippen LogP contribution in [0.4, 0.5) is 22.9 Å². The van der Waals surface area contributed by atoms with Gasteiger partial charge in [-0.25, -0.2) is 10.3 Å². The maximum atomic E-state index is 12.3. The number of anilines is 4. The number of aromatic nitrogens is 2. The zero-order valence-corrected chi connectivity index (χ0v) is 15.6. The van der Waals surface area contributed by atoms with E-state index in [1.807, 2.05) is 66.9 Å². The smallest absolute Gasteiger partial charge is 0.277 e. The molecule has 0 bridgehead atoms. The fourth-order valence-corrected chi connectivity index (χ4v) is 2.96. The van der Waals surface area contributed by atoms with Crippen LogP contribution in [-0.2, 0) is 0 Å². The highest BCUT2D eigenvalue weighted by molar-refractivity contribution is 6.03. The Morgan fingerprint density at radius 1 is 0.862 bits per heavy atom. The molecule has 6 nitrogen and oxygen atoms in total. The molecular weight excluding hydrogens is 362 g/mol. The minimum Gasteiger partial charge on any atom is -0.399 e. The fourth-order valence-electron chi connectivity index (χ4n) is 2.96. The molecule has 4 aromatic rings. The molecule has 2 aromatic carbocycles. The van der Waals surface area contributed by atoms with Crippen molar-refractivity contribution in [2.75, 3.05) is 16.4 Å². The Balaban J connectivity index is 1.54. The van der Waals surface area contributed by atoms with Gasteiger partial charge in [0.1, 0.15) is 11.4 Å². The number of aromatic amines is 1. The standard InChI is InChI=1S/C23H19N5O/c24-18-6-4-8-20(15-18)27-22-14-17(10-12-26-22)16-5-3-7-19(13-16)28-23(29)21-9-1-2-11-25-21/h1-15H,24H2,(H,26,27)(H,28,29)/p+1. The van der Waals surface area contributed by atoms with Crippen molar-refractivity contribution < 1.29 is 9.78 Å². The summed E-state index contributed by atoms with van der Waals surface area (Å²) in [5.41, 5.74) is 10.5. The van der Waals surface area contributed by atoms with E-state index in [9.17, 15) is 4.79 Å². The van der Waals surface area contributed by atoms with E-state index in [1.54, 1.807) is 24.4 Å². The van der Waals surface area contributed by atoms with Crippen LogP contribution in [0.1, 0.15) is 10.5 Å². The van der Waals surface area contributed by atoms with E-state index in [0.717, 1.165) is 22.6 Å². The Bertz CT molecular complexity index is 1140. The summed E-state index contributed by atoms with van der Waals surface area (Å²) in [5.74, 6) is 0.587. The van der Waals surface area contributed by atoms with Crippen LogP contribution >= 0.6 is 0 Å². The molecule has 4 rings (SSSR count). The molecule has 0 saturated heterocycles. The summed E-state index contributed by atoms with van der Waals surface area (Å²) in [6.07, 6.45) is 3.46. The third-order valence-electron chi connectivity index (χ3n) is 4.32. The van der Waals surface area contributed by atoms with Crippen molar-refractivity contribution in [3.05, 3.63) is 97.0 Å². The molecule has 0 saturated carbocycles. The van der Waals surface area contributed by atoms with Crippen LogP contribution in [0.3, 0.4) is 0 Å². The number of hydrogen-bond acceptors (Lipinski definition) is 4. The van der Waals surface area contributed by atoms with Crippen molar-refractivity contribution in [1.82, 2.24) is 4.98 Å². The normalized spacial score (nSPS) is 10.3. The van der Waals surface area contributed by atoms with Crippen LogP contribution in [0.15, 0.2) is 91.3 Å². The quantitative estimate of drug-likeness (QED) is 0.452. The Hall–Kier alpha value is -4.19. The van der Waals surface area contributed by atoms with Crippen molar-refractivity contribution in [3.8, 4) is 11.1 Å². The third-order valence-corrected chi connectivity index (χ3v) is 4.32. The van der Waals surface area contributed by atoms with Crippen molar-refractivity contribution in [1.29, 1.82) is 0 Å². The van der Waals surface area contributed by atoms with E-state index in [2.05, 4.69) is 20.6 Å². The fraction of sp³-hybridized carbons (Fsp3) is 0. The Morgan fingerprint density at radius 3 is 2.52 bits per heavy atom. The van der Waals surface area contributed by atoms with Gasteiger partial charge in [0.15, 0.2) is 0 Å². The van der Waals surface area contributed by atoms with Crippen molar-refractivity contribution in [3.63, 3.8) is 0 Å². The lowest BCUT2D eigenvalue weighted by atomic mass is 10.1. The average Bonchev–Trinajstić information content (AvgIpc) is 2.75. The molecule has 2 heterocycles. The van der Waals surface area contributed by atoms with Crippen LogP contribution in [0, 0.1) is 0 Å². The highest BCUT2D eigenvalue weighted by atomic mass is 16.1. The van der Waals surface area contributed by atoms with Gasteiger partial charge in [-0.05, 0) is 53.6 Å². The van der Waals surface area contributed by atoms with E-state index in [0.29, 0.717) is 17.1 Å². The molecule has 0 aliphatic rings. The summed E-state index contributed by atoms with van der Waals surface area (Å²) >= 11 is 0. The van der Waals surface area contributed by atoms with Gasteiger partial charge in [0.25, 0.3) is 11.7 Å². The van der Waals surface area contributed by atoms with Gasteiger partial charge in [0.05, 0.1) is 6.20 Å². The molecule has 0 fully saturated rings. The molecule has 0 atom stereocenters. The number of hydrogen-bond donors (Lipinski definition) is 3. The minimum atomic E-state index is -0.242. The molecule has 5 N–H and O–H groups in total. The number of carbonyl (C=O) groups excluding carboxylic acids is 1. The molecule has 6 heteroatoms. The van der Waals surface area contributed by atoms with Crippen molar-refractivity contribution in [2.24, 2.45) is 0 Å². The summed E-state index contributed by atoms with van der Waals surface area (Å²) < 4.78 is 0. The Kier molecular flexibility index (Phi) is 5.16. The molecule has 0 unspecified atom stereocenters. The summed E-state index contributed by atoms with van der Waals surface area (Å²) in [4.78, 5) is 19.6. The summed E-state index contributed by atoms with van der Waals surface area (Å²) in [6.45, 7) is 0. The number of rotatable bonds is 5. The highest BCUT2D eigenvalue weighted by Crippen LogP contribution is 2.25. The zero-order valence-electron chi connectivity index (χ0n) is 15.6. The lowest BCUT2D eigenvalue weighted by molar-refractivity contribution is -0.360. The number of H-pyrrole nitrogens is 1. The molecule has 1 amide bonds. The predicted molar refractivity (Wildman–Crippen MR) is 115 cm³/mol. The van der Waals surface area contributed by atoms with Crippen LogP contribution in [0.25, 0.3) is 11.1 Å². The highest BCUT2D eigenvalue weighted by Gasteiger charge is 2.09. The number of pyridine rings is 2. The maximum absolute atomic E-state index is 12.3. The number of nitrogens with one attached hydrogen (secondary N) is 3. The first-order valence-corrected chi connectivity index (χ1v) is 9.14. The summed E-state index contributed by atoms with van der Waals surface area (Å²) in [7, 11) is 0. The lowest BCUT2D eigenvalue weighted by Crippen LogP contribution is -2.13. The molecule has 29 heavy (non-hydrogen) atoms. The molecule has 0 radical (unpaired) electrons. The van der Waals surface area contributed by atoms with Gasteiger partial charge in [-0.3, -0.25) is 9.78 Å². The second kappa shape index (κ2) is 8.22. The number of nitrogens with zero attached hydrogens (tertiary/aromatic N) is 1. The number of benzene rings is 2. The SMILES string of the molecule is Nc1cccc(Nc2cc(-c3cccc(NC(=O)c4ccccn4)c3)cc[nH+]2)c1. The van der Waals surface area contributed by atoms with E-state index < -0.39 is 0 Å². The molecule has 0 aliphatic carbocycles. The summed E-state index contributed by atoms with van der Waals surface area (Å²) in [6, 6.07) is 24.5. The van der Waals surface area contributed by atoms with E-state index >= 15 is 0 Å². The van der Waals surface area contributed by atoms with E-state index in [4.69, 9.17) is 5.73 Å². The monoisotopic (exact) mass is 382 g/mol. The van der Waals surface area contributed by atoms with Gasteiger partial charge in [-0.1, -0.05) is 24.3 Å². The molecular formula is C23H20N5O+. The number of nitrogen functional groups attached to an aromatic ring is 1. The van der Waals surface area contributed by atoms with E-state index in [1.165, 1.54) is 0 Å². The maximum Gasteiger partial charge on any atom is 0.277 e.